The van der Waals surface area contributed by atoms with E-state index in [1.165, 1.54) is 0 Å². The number of nitrogens with zero attached hydrogens (tertiary/aromatic N) is 3. The van der Waals surface area contributed by atoms with Crippen molar-refractivity contribution in [3.8, 4) is 0 Å². The van der Waals surface area contributed by atoms with Gasteiger partial charge in [-0.05, 0) is 18.9 Å². The van der Waals surface area contributed by atoms with Crippen LogP contribution in [0.25, 0.3) is 0 Å². The molecule has 1 spiro atoms. The first-order valence-electron chi connectivity index (χ1n) is 7.85. The van der Waals surface area contributed by atoms with Crippen LogP contribution in [0, 0.1) is 0 Å². The Bertz CT molecular complexity index is 483. The highest BCUT2D eigenvalue weighted by Gasteiger charge is 2.42. The monoisotopic (exact) mass is 308 g/mol. The predicted octanol–water partition coefficient (Wildman–Crippen LogP) is 0.363. The summed E-state index contributed by atoms with van der Waals surface area (Å²) in [5.74, 6) is 0.0347. The van der Waals surface area contributed by atoms with E-state index in [1.807, 2.05) is 4.90 Å². The molecule has 0 radical (unpaired) electrons. The maximum absolute atomic E-state index is 12.4. The van der Waals surface area contributed by atoms with Gasteiger partial charge in [0.1, 0.15) is 5.69 Å². The van der Waals surface area contributed by atoms with E-state index in [1.54, 1.807) is 19.4 Å². The normalized spacial score (nSPS) is 22.1. The number of aromatic amines is 1. The van der Waals surface area contributed by atoms with Crippen LogP contribution in [0.15, 0.2) is 12.3 Å². The Labute approximate surface area is 130 Å². The first-order chi connectivity index (χ1) is 10.7. The summed E-state index contributed by atoms with van der Waals surface area (Å²) in [5.41, 5.74) is 0.619. The molecule has 2 fully saturated rings. The van der Waals surface area contributed by atoms with Crippen LogP contribution >= 0.6 is 0 Å². The van der Waals surface area contributed by atoms with Gasteiger partial charge in [0.25, 0.3) is 5.91 Å². The molecule has 122 valence electrons. The van der Waals surface area contributed by atoms with Crippen LogP contribution < -0.4 is 0 Å². The molecule has 2 aliphatic heterocycles. The number of aromatic nitrogens is 2. The molecule has 0 unspecified atom stereocenters. The van der Waals surface area contributed by atoms with Gasteiger partial charge < -0.3 is 14.4 Å². The van der Waals surface area contributed by atoms with Crippen molar-refractivity contribution in [1.82, 2.24) is 20.0 Å². The van der Waals surface area contributed by atoms with Crippen molar-refractivity contribution in [1.29, 1.82) is 0 Å². The van der Waals surface area contributed by atoms with E-state index in [9.17, 15) is 4.79 Å². The lowest BCUT2D eigenvalue weighted by Crippen LogP contribution is -2.62. The molecule has 0 bridgehead atoms. The number of rotatable bonds is 4. The number of likely N-dealkylation sites (tertiary alicyclic amines) is 1. The summed E-state index contributed by atoms with van der Waals surface area (Å²) >= 11 is 0. The van der Waals surface area contributed by atoms with Crippen LogP contribution in [0.1, 0.15) is 23.3 Å². The van der Waals surface area contributed by atoms with Crippen molar-refractivity contribution in [2.75, 3.05) is 53.1 Å². The maximum atomic E-state index is 12.4. The van der Waals surface area contributed by atoms with E-state index in [0.29, 0.717) is 5.69 Å². The molecule has 2 aliphatic rings. The number of morpholine rings is 1. The van der Waals surface area contributed by atoms with Crippen molar-refractivity contribution in [3.05, 3.63) is 18.0 Å². The molecule has 22 heavy (non-hydrogen) atoms. The van der Waals surface area contributed by atoms with Gasteiger partial charge >= 0.3 is 0 Å². The van der Waals surface area contributed by atoms with Crippen molar-refractivity contribution in [2.45, 2.75) is 18.4 Å². The van der Waals surface area contributed by atoms with Crippen molar-refractivity contribution < 1.29 is 14.3 Å². The summed E-state index contributed by atoms with van der Waals surface area (Å²) in [6.45, 7) is 5.64. The second-order valence-electron chi connectivity index (χ2n) is 6.02. The Morgan fingerprint density at radius 3 is 2.95 bits per heavy atom. The van der Waals surface area contributed by atoms with E-state index in [-0.39, 0.29) is 11.4 Å². The molecule has 0 aromatic carbocycles. The quantitative estimate of drug-likeness (QED) is 0.870. The first kappa shape index (κ1) is 15.5. The van der Waals surface area contributed by atoms with Crippen LogP contribution in [0.2, 0.25) is 0 Å². The minimum Gasteiger partial charge on any atom is -0.383 e. The number of piperidine rings is 1. The van der Waals surface area contributed by atoms with E-state index in [0.717, 1.165) is 58.8 Å². The minimum atomic E-state index is 0.0347. The number of hydrogen-bond acceptors (Lipinski definition) is 5. The van der Waals surface area contributed by atoms with Crippen LogP contribution in [0.4, 0.5) is 0 Å². The maximum Gasteiger partial charge on any atom is 0.271 e. The van der Waals surface area contributed by atoms with E-state index in [2.05, 4.69) is 15.1 Å². The van der Waals surface area contributed by atoms with Crippen LogP contribution in [-0.2, 0) is 9.47 Å². The highest BCUT2D eigenvalue weighted by Crippen LogP contribution is 2.32. The van der Waals surface area contributed by atoms with Crippen molar-refractivity contribution in [3.63, 3.8) is 0 Å². The Balaban J connectivity index is 1.62. The zero-order chi connectivity index (χ0) is 15.4. The second-order valence-corrected chi connectivity index (χ2v) is 6.02. The highest BCUT2D eigenvalue weighted by molar-refractivity contribution is 5.92. The summed E-state index contributed by atoms with van der Waals surface area (Å²) in [4.78, 5) is 16.8. The van der Waals surface area contributed by atoms with Crippen molar-refractivity contribution in [2.24, 2.45) is 0 Å². The molecule has 0 aliphatic carbocycles. The van der Waals surface area contributed by atoms with E-state index in [4.69, 9.17) is 9.47 Å². The molecule has 0 atom stereocenters. The fourth-order valence-electron chi connectivity index (χ4n) is 3.45. The fourth-order valence-corrected chi connectivity index (χ4v) is 3.45. The molecule has 1 amide bonds. The molecule has 0 saturated carbocycles. The third-order valence-corrected chi connectivity index (χ3v) is 4.82. The molecule has 3 heterocycles. The molecule has 2 saturated heterocycles. The number of carbonyl (C=O) groups excluding carboxylic acids is 1. The largest absolute Gasteiger partial charge is 0.383 e. The summed E-state index contributed by atoms with van der Waals surface area (Å²) in [7, 11) is 1.73. The molecule has 1 aromatic heterocycles. The number of ether oxygens (including phenoxy) is 2. The molecule has 1 aromatic rings. The first-order valence-corrected chi connectivity index (χ1v) is 7.85. The van der Waals surface area contributed by atoms with Gasteiger partial charge in [-0.15, -0.1) is 0 Å². The van der Waals surface area contributed by atoms with Gasteiger partial charge in [0.15, 0.2) is 0 Å². The summed E-state index contributed by atoms with van der Waals surface area (Å²) in [5, 5.41) is 6.60. The number of nitrogens with one attached hydrogen (secondary N) is 1. The number of methoxy groups -OCH3 is 1. The van der Waals surface area contributed by atoms with Gasteiger partial charge in [-0.1, -0.05) is 0 Å². The smallest absolute Gasteiger partial charge is 0.271 e. The lowest BCUT2D eigenvalue weighted by atomic mass is 9.85. The Morgan fingerprint density at radius 1 is 1.45 bits per heavy atom. The van der Waals surface area contributed by atoms with Crippen LogP contribution in [0.3, 0.4) is 0 Å². The van der Waals surface area contributed by atoms with Crippen molar-refractivity contribution >= 4 is 5.91 Å². The van der Waals surface area contributed by atoms with Gasteiger partial charge in [0, 0.05) is 45.0 Å². The Morgan fingerprint density at radius 2 is 2.27 bits per heavy atom. The van der Waals surface area contributed by atoms with Gasteiger partial charge in [-0.25, -0.2) is 0 Å². The van der Waals surface area contributed by atoms with Crippen LogP contribution in [0.5, 0.6) is 0 Å². The third kappa shape index (κ3) is 3.02. The third-order valence-electron chi connectivity index (χ3n) is 4.82. The second kappa shape index (κ2) is 6.76. The summed E-state index contributed by atoms with van der Waals surface area (Å²) < 4.78 is 11.0. The van der Waals surface area contributed by atoms with Crippen LogP contribution in [-0.4, -0.2) is 84.6 Å². The molecule has 7 nitrogen and oxygen atoms in total. The Kier molecular flexibility index (Phi) is 4.75. The van der Waals surface area contributed by atoms with E-state index >= 15 is 0 Å². The van der Waals surface area contributed by atoms with E-state index < -0.39 is 0 Å². The fraction of sp³-hybridized carbons (Fsp3) is 0.733. The molecule has 3 rings (SSSR count). The highest BCUT2D eigenvalue weighted by atomic mass is 16.5. The predicted molar refractivity (Wildman–Crippen MR) is 80.7 cm³/mol. The molecular formula is C15H24N4O3. The lowest BCUT2D eigenvalue weighted by Gasteiger charge is -2.51. The lowest BCUT2D eigenvalue weighted by molar-refractivity contribution is -0.0968. The molecular weight excluding hydrogens is 284 g/mol. The SMILES string of the molecule is COCCN1CCOCC12CCN(C(=O)c1ccn[nH]1)CC2. The Hall–Kier alpha value is -1.44. The number of hydrogen-bond donors (Lipinski definition) is 1. The van der Waals surface area contributed by atoms with Gasteiger partial charge in [-0.2, -0.15) is 5.10 Å². The zero-order valence-corrected chi connectivity index (χ0v) is 13.1. The number of amides is 1. The number of H-pyrrole nitrogens is 1. The summed E-state index contributed by atoms with van der Waals surface area (Å²) in [6, 6.07) is 1.72. The molecule has 1 N–H and O–H groups in total. The standard InChI is InChI=1S/C15H24N4O3/c1-21-10-8-19-9-11-22-12-15(19)3-6-18(7-4-15)14(20)13-2-5-16-17-13/h2,5H,3-4,6-12H2,1H3,(H,16,17). The average molecular weight is 308 g/mol. The topological polar surface area (TPSA) is 70.7 Å². The number of carbonyl (C=O) groups is 1. The van der Waals surface area contributed by atoms with Gasteiger partial charge in [0.05, 0.1) is 19.8 Å². The molecule has 7 heteroatoms. The zero-order valence-electron chi connectivity index (χ0n) is 13.1. The average Bonchev–Trinajstić information content (AvgIpc) is 3.09. The summed E-state index contributed by atoms with van der Waals surface area (Å²) in [6.07, 6.45) is 3.49. The van der Waals surface area contributed by atoms with Gasteiger partial charge in [0.2, 0.25) is 0 Å². The minimum absolute atomic E-state index is 0.0347. The van der Waals surface area contributed by atoms with Gasteiger partial charge in [-0.3, -0.25) is 14.8 Å².